The van der Waals surface area contributed by atoms with Crippen LogP contribution in [-0.4, -0.2) is 12.9 Å². The van der Waals surface area contributed by atoms with E-state index in [-0.39, 0.29) is 5.78 Å². The largest absolute Gasteiger partial charge is 0.497 e. The van der Waals surface area contributed by atoms with Crippen LogP contribution in [0.1, 0.15) is 15.9 Å². The van der Waals surface area contributed by atoms with E-state index in [1.54, 1.807) is 7.11 Å². The zero-order valence-corrected chi connectivity index (χ0v) is 15.5. The third-order valence-electron chi connectivity index (χ3n) is 5.32. The van der Waals surface area contributed by atoms with Gasteiger partial charge in [0.2, 0.25) is 0 Å². The molecule has 0 N–H and O–H groups in total. The Morgan fingerprint density at radius 3 is 2.14 bits per heavy atom. The SMILES string of the molecule is COc1ccc2cc(C(=O)c3cc4ccccc4c4ccccc34)ccc2c1. The Morgan fingerprint density at radius 1 is 0.643 bits per heavy atom. The Kier molecular flexibility index (Phi) is 3.84. The molecule has 28 heavy (non-hydrogen) atoms. The summed E-state index contributed by atoms with van der Waals surface area (Å²) in [6, 6.07) is 30.1. The highest BCUT2D eigenvalue weighted by atomic mass is 16.5. The first-order valence-electron chi connectivity index (χ1n) is 9.27. The van der Waals surface area contributed by atoms with Crippen LogP contribution in [0.25, 0.3) is 32.3 Å². The lowest BCUT2D eigenvalue weighted by atomic mass is 9.92. The Labute approximate surface area is 163 Å². The molecule has 0 aliphatic heterocycles. The molecule has 134 valence electrons. The summed E-state index contributed by atoms with van der Waals surface area (Å²) >= 11 is 0. The number of ether oxygens (including phenoxy) is 1. The monoisotopic (exact) mass is 362 g/mol. The first-order valence-corrected chi connectivity index (χ1v) is 9.27. The van der Waals surface area contributed by atoms with Crippen LogP contribution in [0.4, 0.5) is 0 Å². The lowest BCUT2D eigenvalue weighted by Crippen LogP contribution is -2.02. The van der Waals surface area contributed by atoms with Gasteiger partial charge in [0, 0.05) is 11.1 Å². The zero-order valence-electron chi connectivity index (χ0n) is 15.5. The van der Waals surface area contributed by atoms with Crippen molar-refractivity contribution in [3.8, 4) is 5.75 Å². The molecule has 0 radical (unpaired) electrons. The van der Waals surface area contributed by atoms with Gasteiger partial charge in [-0.1, -0.05) is 66.7 Å². The average molecular weight is 362 g/mol. The molecule has 0 spiro atoms. The van der Waals surface area contributed by atoms with E-state index in [4.69, 9.17) is 4.74 Å². The molecule has 0 aliphatic rings. The van der Waals surface area contributed by atoms with Crippen molar-refractivity contribution in [2.45, 2.75) is 0 Å². The number of carbonyl (C=O) groups is 1. The van der Waals surface area contributed by atoms with Gasteiger partial charge in [0.05, 0.1) is 7.11 Å². The third kappa shape index (κ3) is 2.62. The summed E-state index contributed by atoms with van der Waals surface area (Å²) < 4.78 is 5.29. The molecule has 0 heterocycles. The molecule has 5 aromatic carbocycles. The fraction of sp³-hybridized carbons (Fsp3) is 0.0385. The maximum Gasteiger partial charge on any atom is 0.193 e. The highest BCUT2D eigenvalue weighted by molar-refractivity contribution is 6.22. The maximum absolute atomic E-state index is 13.4. The Hall–Kier alpha value is -3.65. The predicted octanol–water partition coefficient (Wildman–Crippen LogP) is 6.39. The number of methoxy groups -OCH3 is 1. The number of fused-ring (bicyclic) bond motifs is 4. The fourth-order valence-corrected chi connectivity index (χ4v) is 3.89. The van der Waals surface area contributed by atoms with Gasteiger partial charge in [-0.15, -0.1) is 0 Å². The molecule has 0 bridgehead atoms. The number of ketones is 1. The molecule has 0 atom stereocenters. The molecule has 0 amide bonds. The van der Waals surface area contributed by atoms with Crippen LogP contribution < -0.4 is 4.74 Å². The molecule has 0 unspecified atom stereocenters. The number of hydrogen-bond donors (Lipinski definition) is 0. The van der Waals surface area contributed by atoms with E-state index in [1.807, 2.05) is 72.8 Å². The summed E-state index contributed by atoms with van der Waals surface area (Å²) in [7, 11) is 1.66. The summed E-state index contributed by atoms with van der Waals surface area (Å²) in [4.78, 5) is 13.4. The molecule has 0 fully saturated rings. The smallest absolute Gasteiger partial charge is 0.193 e. The third-order valence-corrected chi connectivity index (χ3v) is 5.32. The molecule has 2 heteroatoms. The standard InChI is InChI=1S/C26H18O2/c1-28-21-13-12-17-14-20(11-10-18(17)15-21)26(27)25-16-19-6-2-3-7-22(19)23-8-4-5-9-24(23)25/h2-16H,1H3. The number of carbonyl (C=O) groups excluding carboxylic acids is 1. The van der Waals surface area contributed by atoms with Crippen molar-refractivity contribution in [1.29, 1.82) is 0 Å². The van der Waals surface area contributed by atoms with E-state index in [2.05, 4.69) is 18.2 Å². The van der Waals surface area contributed by atoms with Gasteiger partial charge in [0.15, 0.2) is 5.78 Å². The summed E-state index contributed by atoms with van der Waals surface area (Å²) in [5.41, 5.74) is 1.43. The number of benzene rings is 5. The Morgan fingerprint density at radius 2 is 1.32 bits per heavy atom. The van der Waals surface area contributed by atoms with Crippen molar-refractivity contribution < 1.29 is 9.53 Å². The summed E-state index contributed by atoms with van der Waals surface area (Å²) in [5, 5.41) is 6.42. The lowest BCUT2D eigenvalue weighted by Gasteiger charge is -2.11. The van der Waals surface area contributed by atoms with Gasteiger partial charge in [-0.05, 0) is 56.6 Å². The van der Waals surface area contributed by atoms with Gasteiger partial charge in [0.1, 0.15) is 5.75 Å². The van der Waals surface area contributed by atoms with Crippen molar-refractivity contribution in [2.24, 2.45) is 0 Å². The van der Waals surface area contributed by atoms with E-state index < -0.39 is 0 Å². The molecular weight excluding hydrogens is 344 g/mol. The molecule has 5 rings (SSSR count). The topological polar surface area (TPSA) is 26.3 Å². The van der Waals surface area contributed by atoms with E-state index in [0.717, 1.165) is 38.2 Å². The van der Waals surface area contributed by atoms with E-state index >= 15 is 0 Å². The fourth-order valence-electron chi connectivity index (χ4n) is 3.89. The Bertz CT molecular complexity index is 1370. The van der Waals surface area contributed by atoms with Crippen molar-refractivity contribution >= 4 is 38.1 Å². The van der Waals surface area contributed by atoms with Gasteiger partial charge < -0.3 is 4.74 Å². The van der Waals surface area contributed by atoms with Gasteiger partial charge in [0.25, 0.3) is 0 Å². The van der Waals surface area contributed by atoms with Crippen molar-refractivity contribution in [2.75, 3.05) is 7.11 Å². The van der Waals surface area contributed by atoms with Crippen molar-refractivity contribution in [3.63, 3.8) is 0 Å². The second kappa shape index (κ2) is 6.50. The first kappa shape index (κ1) is 16.5. The summed E-state index contributed by atoms with van der Waals surface area (Å²) in [6.45, 7) is 0. The van der Waals surface area contributed by atoms with Crippen molar-refractivity contribution in [1.82, 2.24) is 0 Å². The van der Waals surface area contributed by atoms with Crippen LogP contribution in [-0.2, 0) is 0 Å². The lowest BCUT2D eigenvalue weighted by molar-refractivity contribution is 0.104. The van der Waals surface area contributed by atoms with Crippen LogP contribution in [0.15, 0.2) is 91.0 Å². The second-order valence-electron chi connectivity index (χ2n) is 6.95. The van der Waals surface area contributed by atoms with E-state index in [1.165, 1.54) is 5.39 Å². The quantitative estimate of drug-likeness (QED) is 0.275. The normalized spacial score (nSPS) is 11.2. The molecular formula is C26H18O2. The molecule has 0 saturated carbocycles. The maximum atomic E-state index is 13.4. The van der Waals surface area contributed by atoms with Gasteiger partial charge in [-0.2, -0.15) is 0 Å². The van der Waals surface area contributed by atoms with Crippen LogP contribution in [0.3, 0.4) is 0 Å². The summed E-state index contributed by atoms with van der Waals surface area (Å²) in [6.07, 6.45) is 0. The average Bonchev–Trinajstić information content (AvgIpc) is 2.77. The molecule has 0 aliphatic carbocycles. The van der Waals surface area contributed by atoms with Crippen LogP contribution >= 0.6 is 0 Å². The second-order valence-corrected chi connectivity index (χ2v) is 6.95. The first-order chi connectivity index (χ1) is 13.7. The van der Waals surface area contributed by atoms with Gasteiger partial charge in [-0.25, -0.2) is 0 Å². The van der Waals surface area contributed by atoms with E-state index in [0.29, 0.717) is 5.56 Å². The van der Waals surface area contributed by atoms with E-state index in [9.17, 15) is 4.79 Å². The van der Waals surface area contributed by atoms with Crippen LogP contribution in [0.2, 0.25) is 0 Å². The van der Waals surface area contributed by atoms with Crippen LogP contribution in [0.5, 0.6) is 5.75 Å². The van der Waals surface area contributed by atoms with Crippen molar-refractivity contribution in [3.05, 3.63) is 102 Å². The summed E-state index contributed by atoms with van der Waals surface area (Å²) in [5.74, 6) is 0.853. The zero-order chi connectivity index (χ0) is 19.1. The van der Waals surface area contributed by atoms with Crippen LogP contribution in [0, 0.1) is 0 Å². The highest BCUT2D eigenvalue weighted by Crippen LogP contribution is 2.31. The minimum Gasteiger partial charge on any atom is -0.497 e. The van der Waals surface area contributed by atoms with Gasteiger partial charge in [-0.3, -0.25) is 4.79 Å². The predicted molar refractivity (Wildman–Crippen MR) is 115 cm³/mol. The highest BCUT2D eigenvalue weighted by Gasteiger charge is 2.15. The number of rotatable bonds is 3. The van der Waals surface area contributed by atoms with Gasteiger partial charge >= 0.3 is 0 Å². The molecule has 2 nitrogen and oxygen atoms in total. The number of hydrogen-bond acceptors (Lipinski definition) is 2. The Balaban J connectivity index is 1.71. The minimum atomic E-state index is 0.0414. The minimum absolute atomic E-state index is 0.0414. The molecule has 0 aromatic heterocycles. The molecule has 0 saturated heterocycles. The molecule has 5 aromatic rings.